The Hall–Kier alpha value is -3.36. The van der Waals surface area contributed by atoms with Gasteiger partial charge in [-0.15, -0.1) is 0 Å². The van der Waals surface area contributed by atoms with E-state index >= 15 is 0 Å². The van der Waals surface area contributed by atoms with Crippen LogP contribution in [0.5, 0.6) is 5.75 Å². The summed E-state index contributed by atoms with van der Waals surface area (Å²) in [6.07, 6.45) is 7.98. The second-order valence-electron chi connectivity index (χ2n) is 8.36. The van der Waals surface area contributed by atoms with E-state index in [2.05, 4.69) is 49.6 Å². The zero-order valence-electron chi connectivity index (χ0n) is 20.2. The maximum absolute atomic E-state index is 11.2. The monoisotopic (exact) mass is 585 g/mol. The molecule has 1 heterocycles. The van der Waals surface area contributed by atoms with Gasteiger partial charge in [-0.2, -0.15) is 0 Å². The van der Waals surface area contributed by atoms with Crippen molar-refractivity contribution < 1.29 is 14.7 Å². The Balaban J connectivity index is 0.000000189. The number of anilines is 1. The first-order valence-corrected chi connectivity index (χ1v) is 13.5. The van der Waals surface area contributed by atoms with Gasteiger partial charge in [0.2, 0.25) is 0 Å². The molecule has 0 bridgehead atoms. The fraction of sp³-hybridized carbons (Fsp3) is 0.250. The number of para-hydroxylation sites is 2. The van der Waals surface area contributed by atoms with Crippen LogP contribution in [0.25, 0.3) is 10.9 Å². The van der Waals surface area contributed by atoms with Crippen molar-refractivity contribution in [3.8, 4) is 5.75 Å². The molecule has 9 heteroatoms. The Kier molecular flexibility index (Phi) is 11.5. The first-order chi connectivity index (χ1) is 18.0. The second-order valence-corrected chi connectivity index (χ2v) is 9.36. The molecule has 0 amide bonds. The van der Waals surface area contributed by atoms with Gasteiger partial charge in [-0.3, -0.25) is 9.59 Å². The molecule has 3 aromatic carbocycles. The third kappa shape index (κ3) is 9.22. The number of rotatable bonds is 5. The highest BCUT2D eigenvalue weighted by Gasteiger charge is 2.19. The Bertz CT molecular complexity index is 1330. The molecule has 0 radical (unpaired) electrons. The smallest absolute Gasteiger partial charge is 0.314 e. The predicted octanol–water partition coefficient (Wildman–Crippen LogP) is 7.18. The summed E-state index contributed by atoms with van der Waals surface area (Å²) in [5.74, 6) is 0.783. The van der Waals surface area contributed by atoms with Crippen molar-refractivity contribution >= 4 is 50.1 Å². The number of fused-ring (bicyclic) bond motifs is 1. The van der Waals surface area contributed by atoms with Gasteiger partial charge < -0.3 is 14.9 Å². The van der Waals surface area contributed by atoms with E-state index in [1.54, 1.807) is 18.2 Å². The van der Waals surface area contributed by atoms with Crippen molar-refractivity contribution in [3.05, 3.63) is 100 Å². The molecule has 0 atom stereocenters. The van der Waals surface area contributed by atoms with Crippen molar-refractivity contribution in [2.75, 3.05) is 10.8 Å². The summed E-state index contributed by atoms with van der Waals surface area (Å²) in [6.45, 7) is 0. The molecular formula is C28H29BrClN3O4. The lowest BCUT2D eigenvalue weighted by Crippen LogP contribution is -2.10. The molecule has 1 aliphatic carbocycles. The van der Waals surface area contributed by atoms with Crippen LogP contribution in [0.15, 0.2) is 83.9 Å². The van der Waals surface area contributed by atoms with Crippen LogP contribution in [0.1, 0.15) is 43.6 Å². The number of aliphatic carboxylic acids is 1. The molecule has 5 rings (SSSR count). The van der Waals surface area contributed by atoms with Crippen LogP contribution >= 0.6 is 27.5 Å². The van der Waals surface area contributed by atoms with Gasteiger partial charge >= 0.3 is 5.97 Å². The number of hydrogen-bond donors (Lipinski definition) is 3. The minimum absolute atomic E-state index is 0.0347. The van der Waals surface area contributed by atoms with Gasteiger partial charge in [0.05, 0.1) is 22.9 Å². The van der Waals surface area contributed by atoms with E-state index in [0.29, 0.717) is 21.8 Å². The number of carboxylic acid groups (broad SMARTS) is 1. The zero-order valence-corrected chi connectivity index (χ0v) is 22.5. The second kappa shape index (κ2) is 15.0. The molecule has 0 unspecified atom stereocenters. The summed E-state index contributed by atoms with van der Waals surface area (Å²) < 4.78 is 0. The fourth-order valence-corrected chi connectivity index (χ4v) is 4.15. The first-order valence-electron chi connectivity index (χ1n) is 12.0. The van der Waals surface area contributed by atoms with E-state index in [4.69, 9.17) is 21.5 Å². The molecule has 7 nitrogen and oxygen atoms in total. The summed E-state index contributed by atoms with van der Waals surface area (Å²) in [7, 11) is 0. The number of aromatic amines is 1. The number of carbonyl (C=O) groups is 1. The molecule has 1 aliphatic rings. The van der Waals surface area contributed by atoms with Crippen LogP contribution in [0.2, 0.25) is 5.02 Å². The molecule has 1 fully saturated rings. The van der Waals surface area contributed by atoms with Crippen LogP contribution in [-0.4, -0.2) is 26.4 Å². The summed E-state index contributed by atoms with van der Waals surface area (Å²) in [5, 5.41) is 8.85. The molecule has 3 N–H and O–H groups in total. The Morgan fingerprint density at radius 1 is 1.05 bits per heavy atom. The maximum atomic E-state index is 11.2. The molecule has 0 spiro atoms. The highest BCUT2D eigenvalue weighted by Crippen LogP contribution is 2.37. The molecule has 4 aromatic rings. The van der Waals surface area contributed by atoms with Gasteiger partial charge in [-0.05, 0) is 55.2 Å². The van der Waals surface area contributed by atoms with E-state index in [0.717, 1.165) is 11.4 Å². The third-order valence-corrected chi connectivity index (χ3v) is 6.45. The number of carboxylic acids is 1. The number of H-pyrrole nitrogens is 1. The highest BCUT2D eigenvalue weighted by molar-refractivity contribution is 9.09. The number of alkyl halides is 1. The average molecular weight is 587 g/mol. The van der Waals surface area contributed by atoms with Crippen molar-refractivity contribution in [2.24, 2.45) is 0 Å². The van der Waals surface area contributed by atoms with Gasteiger partial charge in [0.25, 0.3) is 5.56 Å². The van der Waals surface area contributed by atoms with E-state index in [1.807, 2.05) is 36.4 Å². The van der Waals surface area contributed by atoms with Gasteiger partial charge in [-0.1, -0.05) is 83.2 Å². The number of benzene rings is 3. The molecule has 194 valence electrons. The molecular weight excluding hydrogens is 558 g/mol. The molecule has 0 saturated heterocycles. The SMILES string of the molecule is O=C(O)CBr.O=c1[nH]cnc2cc(Cl)ccc12.c1ccc(NOc2ccccc2C2CCCCC2)cc1. The van der Waals surface area contributed by atoms with E-state index in [1.165, 1.54) is 44.0 Å². The number of nitrogens with one attached hydrogen (secondary N) is 2. The summed E-state index contributed by atoms with van der Waals surface area (Å²) in [6, 6.07) is 23.4. The standard InChI is InChI=1S/C18H21NO.C8H5ClN2O.C2H3BrO2/c1-3-9-15(10-4-1)17-13-7-8-14-18(17)20-19-16-11-5-2-6-12-16;9-5-1-2-6-7(3-5)10-4-11-8(6)12;3-1-2(4)5/h2,5-8,11-15,19H,1,3-4,9-10H2;1-4H,(H,10,11,12);1H2,(H,4,5). The van der Waals surface area contributed by atoms with Crippen LogP contribution in [0, 0.1) is 0 Å². The van der Waals surface area contributed by atoms with Crippen molar-refractivity contribution in [2.45, 2.75) is 38.0 Å². The highest BCUT2D eigenvalue weighted by atomic mass is 79.9. The third-order valence-electron chi connectivity index (χ3n) is 5.73. The number of halogens is 2. The van der Waals surface area contributed by atoms with Crippen LogP contribution in [0.3, 0.4) is 0 Å². The molecule has 37 heavy (non-hydrogen) atoms. The quantitative estimate of drug-likeness (QED) is 0.169. The topological polar surface area (TPSA) is 104 Å². The largest absolute Gasteiger partial charge is 0.481 e. The van der Waals surface area contributed by atoms with Gasteiger partial charge in [0, 0.05) is 10.6 Å². The van der Waals surface area contributed by atoms with Gasteiger partial charge in [-0.25, -0.2) is 10.5 Å². The minimum atomic E-state index is -0.829. The summed E-state index contributed by atoms with van der Waals surface area (Å²) in [5.41, 5.74) is 5.84. The number of aromatic nitrogens is 2. The minimum Gasteiger partial charge on any atom is -0.481 e. The molecule has 0 aliphatic heterocycles. The summed E-state index contributed by atoms with van der Waals surface area (Å²) >= 11 is 8.43. The van der Waals surface area contributed by atoms with Crippen molar-refractivity contribution in [1.82, 2.24) is 9.97 Å². The molecule has 1 aromatic heterocycles. The lowest BCUT2D eigenvalue weighted by atomic mass is 9.84. The number of hydrogen-bond acceptors (Lipinski definition) is 5. The van der Waals surface area contributed by atoms with Crippen molar-refractivity contribution in [3.63, 3.8) is 0 Å². The average Bonchev–Trinajstić information content (AvgIpc) is 2.94. The lowest BCUT2D eigenvalue weighted by Gasteiger charge is -2.24. The Morgan fingerprint density at radius 2 is 1.73 bits per heavy atom. The van der Waals surface area contributed by atoms with Gasteiger partial charge in [0.1, 0.15) is 5.33 Å². The fourth-order valence-electron chi connectivity index (χ4n) is 3.99. The van der Waals surface area contributed by atoms with E-state index in [-0.39, 0.29) is 10.9 Å². The van der Waals surface area contributed by atoms with Crippen LogP contribution in [0.4, 0.5) is 5.69 Å². The lowest BCUT2D eigenvalue weighted by molar-refractivity contribution is -0.133. The summed E-state index contributed by atoms with van der Waals surface area (Å²) in [4.78, 5) is 32.7. The Labute approximate surface area is 228 Å². The van der Waals surface area contributed by atoms with Gasteiger partial charge in [0.15, 0.2) is 5.75 Å². The van der Waals surface area contributed by atoms with Crippen molar-refractivity contribution in [1.29, 1.82) is 0 Å². The number of nitrogens with zero attached hydrogens (tertiary/aromatic N) is 1. The zero-order chi connectivity index (χ0) is 26.5. The van der Waals surface area contributed by atoms with Crippen LogP contribution < -0.4 is 15.9 Å². The van der Waals surface area contributed by atoms with Crippen LogP contribution in [-0.2, 0) is 4.79 Å². The van der Waals surface area contributed by atoms with E-state index < -0.39 is 5.97 Å². The van der Waals surface area contributed by atoms with E-state index in [9.17, 15) is 9.59 Å². The normalized spacial score (nSPS) is 12.9. The predicted molar refractivity (Wildman–Crippen MR) is 152 cm³/mol. The first kappa shape index (κ1) is 28.2. The molecule has 1 saturated carbocycles. The maximum Gasteiger partial charge on any atom is 0.314 e. The Morgan fingerprint density at radius 3 is 2.43 bits per heavy atom.